The molecule has 0 unspecified atom stereocenters. The van der Waals surface area contributed by atoms with E-state index in [4.69, 9.17) is 20.4 Å². The van der Waals surface area contributed by atoms with Crippen molar-refractivity contribution in [1.29, 1.82) is 0 Å². The van der Waals surface area contributed by atoms with Gasteiger partial charge in [-0.05, 0) is 46.8 Å². The SMILES string of the molecule is Clc1ccc(-c2nc(CSc3nnnn3Cc3ccco3)co2)cc1. The Bertz CT molecular complexity index is 949. The minimum Gasteiger partial charge on any atom is -0.467 e. The van der Waals surface area contributed by atoms with Gasteiger partial charge in [-0.2, -0.15) is 0 Å². The first-order valence-electron chi connectivity index (χ1n) is 7.39. The van der Waals surface area contributed by atoms with Crippen LogP contribution in [0, 0.1) is 0 Å². The van der Waals surface area contributed by atoms with Gasteiger partial charge < -0.3 is 8.83 Å². The highest BCUT2D eigenvalue weighted by Gasteiger charge is 2.12. The van der Waals surface area contributed by atoms with Gasteiger partial charge in [-0.15, -0.1) is 5.10 Å². The van der Waals surface area contributed by atoms with E-state index in [-0.39, 0.29) is 0 Å². The second-order valence-electron chi connectivity index (χ2n) is 5.14. The molecular formula is C16H12ClN5O2S. The molecular weight excluding hydrogens is 362 g/mol. The van der Waals surface area contributed by atoms with Crippen molar-refractivity contribution in [3.8, 4) is 11.5 Å². The molecule has 0 aliphatic carbocycles. The Morgan fingerprint density at radius 2 is 2.00 bits per heavy atom. The van der Waals surface area contributed by atoms with Crippen LogP contribution in [0.15, 0.2) is 62.9 Å². The van der Waals surface area contributed by atoms with Gasteiger partial charge in [0.25, 0.3) is 0 Å². The van der Waals surface area contributed by atoms with Crippen LogP contribution in [0.1, 0.15) is 11.5 Å². The van der Waals surface area contributed by atoms with Crippen LogP contribution in [0.4, 0.5) is 0 Å². The molecule has 0 spiro atoms. The monoisotopic (exact) mass is 373 g/mol. The summed E-state index contributed by atoms with van der Waals surface area (Å²) in [5, 5.41) is 13.1. The lowest BCUT2D eigenvalue weighted by Crippen LogP contribution is -2.03. The molecule has 0 radical (unpaired) electrons. The predicted molar refractivity (Wildman–Crippen MR) is 92.1 cm³/mol. The summed E-state index contributed by atoms with van der Waals surface area (Å²) in [5.41, 5.74) is 1.69. The van der Waals surface area contributed by atoms with Crippen molar-refractivity contribution < 1.29 is 8.83 Å². The molecule has 3 aromatic heterocycles. The Morgan fingerprint density at radius 3 is 2.80 bits per heavy atom. The molecule has 0 saturated carbocycles. The van der Waals surface area contributed by atoms with Crippen molar-refractivity contribution in [3.05, 3.63) is 65.4 Å². The fourth-order valence-electron chi connectivity index (χ4n) is 2.19. The van der Waals surface area contributed by atoms with E-state index in [2.05, 4.69) is 20.5 Å². The van der Waals surface area contributed by atoms with Crippen molar-refractivity contribution in [1.82, 2.24) is 25.2 Å². The lowest BCUT2D eigenvalue weighted by molar-refractivity contribution is 0.462. The Hall–Kier alpha value is -2.58. The van der Waals surface area contributed by atoms with Crippen LogP contribution in [-0.4, -0.2) is 25.2 Å². The van der Waals surface area contributed by atoms with E-state index in [1.165, 1.54) is 11.8 Å². The number of oxazole rings is 1. The van der Waals surface area contributed by atoms with Crippen molar-refractivity contribution in [3.63, 3.8) is 0 Å². The van der Waals surface area contributed by atoms with Crippen LogP contribution in [0.5, 0.6) is 0 Å². The number of nitrogens with zero attached hydrogens (tertiary/aromatic N) is 5. The van der Waals surface area contributed by atoms with E-state index in [1.54, 1.807) is 29.3 Å². The lowest BCUT2D eigenvalue weighted by atomic mass is 10.2. The molecule has 3 heterocycles. The highest BCUT2D eigenvalue weighted by atomic mass is 35.5. The van der Waals surface area contributed by atoms with Crippen molar-refractivity contribution in [2.45, 2.75) is 17.5 Å². The molecule has 0 aliphatic heterocycles. The molecule has 0 atom stereocenters. The molecule has 0 saturated heterocycles. The highest BCUT2D eigenvalue weighted by Crippen LogP contribution is 2.24. The fraction of sp³-hybridized carbons (Fsp3) is 0.125. The molecule has 0 fully saturated rings. The maximum absolute atomic E-state index is 5.89. The summed E-state index contributed by atoms with van der Waals surface area (Å²) in [6, 6.07) is 11.1. The average Bonchev–Trinajstić information content (AvgIpc) is 3.36. The zero-order valence-electron chi connectivity index (χ0n) is 12.9. The maximum atomic E-state index is 5.89. The normalized spacial score (nSPS) is 11.1. The van der Waals surface area contributed by atoms with Gasteiger partial charge in [-0.1, -0.05) is 23.4 Å². The van der Waals surface area contributed by atoms with Crippen LogP contribution >= 0.6 is 23.4 Å². The van der Waals surface area contributed by atoms with E-state index in [9.17, 15) is 0 Å². The minimum atomic E-state index is 0.483. The third-order valence-electron chi connectivity index (χ3n) is 3.38. The molecule has 4 aromatic rings. The number of halogens is 1. The number of thioether (sulfide) groups is 1. The molecule has 7 nitrogen and oxygen atoms in total. The Morgan fingerprint density at radius 1 is 1.12 bits per heavy atom. The molecule has 25 heavy (non-hydrogen) atoms. The summed E-state index contributed by atoms with van der Waals surface area (Å²) in [6.45, 7) is 0.483. The first kappa shape index (κ1) is 15.9. The number of hydrogen-bond acceptors (Lipinski definition) is 7. The fourth-order valence-corrected chi connectivity index (χ4v) is 3.07. The van der Waals surface area contributed by atoms with Crippen LogP contribution < -0.4 is 0 Å². The molecule has 126 valence electrons. The Balaban J connectivity index is 1.42. The summed E-state index contributed by atoms with van der Waals surface area (Å²) in [6.07, 6.45) is 3.26. The Labute approximate surface area is 152 Å². The zero-order valence-corrected chi connectivity index (χ0v) is 14.4. The molecule has 0 aliphatic rings. The zero-order chi connectivity index (χ0) is 17.1. The van der Waals surface area contributed by atoms with E-state index in [1.807, 2.05) is 24.3 Å². The average molecular weight is 374 g/mol. The van der Waals surface area contributed by atoms with Gasteiger partial charge in [0, 0.05) is 16.3 Å². The second kappa shape index (κ2) is 7.12. The summed E-state index contributed by atoms with van der Waals surface area (Å²) in [7, 11) is 0. The minimum absolute atomic E-state index is 0.483. The van der Waals surface area contributed by atoms with Gasteiger partial charge in [0.15, 0.2) is 0 Å². The highest BCUT2D eigenvalue weighted by molar-refractivity contribution is 7.98. The van der Waals surface area contributed by atoms with Crippen molar-refractivity contribution >= 4 is 23.4 Å². The van der Waals surface area contributed by atoms with Gasteiger partial charge >= 0.3 is 0 Å². The number of tetrazole rings is 1. The molecule has 1 aromatic carbocycles. The summed E-state index contributed by atoms with van der Waals surface area (Å²) in [4.78, 5) is 4.49. The molecule has 4 rings (SSSR count). The summed E-state index contributed by atoms with van der Waals surface area (Å²) < 4.78 is 12.5. The quantitative estimate of drug-likeness (QED) is 0.474. The molecule has 0 bridgehead atoms. The first-order valence-corrected chi connectivity index (χ1v) is 8.76. The van der Waals surface area contributed by atoms with E-state index in [0.717, 1.165) is 17.0 Å². The van der Waals surface area contributed by atoms with Crippen molar-refractivity contribution in [2.24, 2.45) is 0 Å². The Kier molecular flexibility index (Phi) is 4.53. The van der Waals surface area contributed by atoms with Crippen LogP contribution in [0.2, 0.25) is 5.02 Å². The number of aromatic nitrogens is 5. The number of hydrogen-bond donors (Lipinski definition) is 0. The van der Waals surface area contributed by atoms with E-state index in [0.29, 0.717) is 28.4 Å². The van der Waals surface area contributed by atoms with E-state index < -0.39 is 0 Å². The number of furan rings is 1. The third-order valence-corrected chi connectivity index (χ3v) is 4.62. The maximum Gasteiger partial charge on any atom is 0.226 e. The van der Waals surface area contributed by atoms with Gasteiger partial charge in [0.05, 0.1) is 12.0 Å². The van der Waals surface area contributed by atoms with Gasteiger partial charge in [-0.25, -0.2) is 9.67 Å². The molecule has 0 amide bonds. The molecule has 9 heteroatoms. The standard InChI is InChI=1S/C16H12ClN5O2S/c17-12-5-3-11(4-6-12)15-18-13(9-24-15)10-25-16-19-20-21-22(16)8-14-2-1-7-23-14/h1-7,9H,8,10H2. The topological polar surface area (TPSA) is 82.8 Å². The lowest BCUT2D eigenvalue weighted by Gasteiger charge is -2.00. The predicted octanol–water partition coefficient (Wildman–Crippen LogP) is 3.92. The number of benzene rings is 1. The molecule has 0 N–H and O–H groups in total. The van der Waals surface area contributed by atoms with Crippen LogP contribution in [0.25, 0.3) is 11.5 Å². The first-order chi connectivity index (χ1) is 12.3. The van der Waals surface area contributed by atoms with E-state index >= 15 is 0 Å². The van der Waals surface area contributed by atoms with Crippen LogP contribution in [-0.2, 0) is 12.3 Å². The second-order valence-corrected chi connectivity index (χ2v) is 6.52. The van der Waals surface area contributed by atoms with Crippen LogP contribution in [0.3, 0.4) is 0 Å². The van der Waals surface area contributed by atoms with Crippen molar-refractivity contribution in [2.75, 3.05) is 0 Å². The third kappa shape index (κ3) is 3.75. The van der Waals surface area contributed by atoms with Gasteiger partial charge in [0.2, 0.25) is 11.0 Å². The summed E-state index contributed by atoms with van der Waals surface area (Å²) >= 11 is 7.38. The largest absolute Gasteiger partial charge is 0.467 e. The van der Waals surface area contributed by atoms with Gasteiger partial charge in [-0.3, -0.25) is 0 Å². The smallest absolute Gasteiger partial charge is 0.226 e. The summed E-state index contributed by atoms with van der Waals surface area (Å²) in [5.74, 6) is 1.94. The van der Waals surface area contributed by atoms with Gasteiger partial charge in [0.1, 0.15) is 18.6 Å². The number of rotatable bonds is 6.